The summed E-state index contributed by atoms with van der Waals surface area (Å²) in [5, 5.41) is 0. The molecule has 3 heteroatoms. The molecule has 2 saturated heterocycles. The van der Waals surface area contributed by atoms with E-state index in [9.17, 15) is 0 Å². The average Bonchev–Trinajstić information content (AvgIpc) is 2.42. The molecule has 2 rings (SSSR count). The molecular formula is C15H30N2O. The number of hydrogen-bond donors (Lipinski definition) is 1. The van der Waals surface area contributed by atoms with Crippen molar-refractivity contribution in [3.8, 4) is 0 Å². The summed E-state index contributed by atoms with van der Waals surface area (Å²) < 4.78 is 5.52. The molecule has 18 heavy (non-hydrogen) atoms. The largest absolute Gasteiger partial charge is 0.381 e. The first kappa shape index (κ1) is 14.3. The first-order valence-electron chi connectivity index (χ1n) is 7.81. The molecule has 0 saturated carbocycles. The van der Waals surface area contributed by atoms with Gasteiger partial charge in [0.05, 0.1) is 0 Å². The smallest absolute Gasteiger partial charge is 0.0472 e. The summed E-state index contributed by atoms with van der Waals surface area (Å²) >= 11 is 0. The standard InChI is InChI=1S/C15H30N2O/c1-2-5-14-6-3-4-9-17(14)13-15(12-16)7-10-18-11-8-15/h14H,2-13,16H2,1H3. The molecule has 1 atom stereocenters. The molecule has 2 fully saturated rings. The van der Waals surface area contributed by atoms with Gasteiger partial charge >= 0.3 is 0 Å². The van der Waals surface area contributed by atoms with E-state index in [1.807, 2.05) is 0 Å². The maximum absolute atomic E-state index is 6.09. The lowest BCUT2D eigenvalue weighted by Gasteiger charge is -2.44. The highest BCUT2D eigenvalue weighted by Gasteiger charge is 2.35. The number of nitrogens with zero attached hydrogens (tertiary/aromatic N) is 1. The van der Waals surface area contributed by atoms with Gasteiger partial charge in [0, 0.05) is 25.8 Å². The SMILES string of the molecule is CCCC1CCCCN1CC1(CN)CCOCC1. The Kier molecular flexibility index (Phi) is 5.46. The summed E-state index contributed by atoms with van der Waals surface area (Å²) in [6.07, 6.45) is 9.15. The van der Waals surface area contributed by atoms with Crippen molar-refractivity contribution in [3.05, 3.63) is 0 Å². The molecular weight excluding hydrogens is 224 g/mol. The fourth-order valence-electron chi connectivity index (χ4n) is 3.59. The van der Waals surface area contributed by atoms with Crippen LogP contribution in [0, 0.1) is 5.41 Å². The van der Waals surface area contributed by atoms with Gasteiger partial charge in [-0.15, -0.1) is 0 Å². The second-order valence-electron chi connectivity index (χ2n) is 6.23. The van der Waals surface area contributed by atoms with Crippen molar-refractivity contribution < 1.29 is 4.74 Å². The highest BCUT2D eigenvalue weighted by molar-refractivity contribution is 4.89. The number of ether oxygens (including phenoxy) is 1. The molecule has 3 nitrogen and oxygen atoms in total. The fourth-order valence-corrected chi connectivity index (χ4v) is 3.59. The van der Waals surface area contributed by atoms with E-state index < -0.39 is 0 Å². The highest BCUT2D eigenvalue weighted by Crippen LogP contribution is 2.33. The summed E-state index contributed by atoms with van der Waals surface area (Å²) in [4.78, 5) is 2.74. The summed E-state index contributed by atoms with van der Waals surface area (Å²) in [5.74, 6) is 0. The van der Waals surface area contributed by atoms with E-state index in [1.165, 1.54) is 45.2 Å². The average molecular weight is 254 g/mol. The van der Waals surface area contributed by atoms with Crippen LogP contribution in [0.25, 0.3) is 0 Å². The van der Waals surface area contributed by atoms with Gasteiger partial charge in [0.1, 0.15) is 0 Å². The normalized spacial score (nSPS) is 29.3. The molecule has 0 aliphatic carbocycles. The minimum Gasteiger partial charge on any atom is -0.381 e. The van der Waals surface area contributed by atoms with E-state index in [2.05, 4.69) is 11.8 Å². The molecule has 0 aromatic heterocycles. The zero-order valence-electron chi connectivity index (χ0n) is 12.0. The van der Waals surface area contributed by atoms with Crippen LogP contribution < -0.4 is 5.73 Å². The molecule has 0 spiro atoms. The molecule has 0 aromatic carbocycles. The zero-order chi connectivity index (χ0) is 12.8. The summed E-state index contributed by atoms with van der Waals surface area (Å²) in [6.45, 7) is 7.43. The third-order valence-electron chi connectivity index (χ3n) is 4.90. The monoisotopic (exact) mass is 254 g/mol. The van der Waals surface area contributed by atoms with Gasteiger partial charge in [0.15, 0.2) is 0 Å². The molecule has 0 radical (unpaired) electrons. The zero-order valence-corrected chi connectivity index (χ0v) is 12.0. The van der Waals surface area contributed by atoms with E-state index in [4.69, 9.17) is 10.5 Å². The van der Waals surface area contributed by atoms with Gasteiger partial charge in [-0.3, -0.25) is 4.90 Å². The number of rotatable bonds is 5. The predicted molar refractivity (Wildman–Crippen MR) is 75.7 cm³/mol. The molecule has 2 N–H and O–H groups in total. The second-order valence-corrected chi connectivity index (χ2v) is 6.23. The van der Waals surface area contributed by atoms with E-state index in [0.717, 1.165) is 38.6 Å². The van der Waals surface area contributed by atoms with Crippen LogP contribution in [0.3, 0.4) is 0 Å². The molecule has 1 unspecified atom stereocenters. The Morgan fingerprint density at radius 2 is 2.06 bits per heavy atom. The Bertz CT molecular complexity index is 237. The third kappa shape index (κ3) is 3.46. The van der Waals surface area contributed by atoms with Gasteiger partial charge in [0.25, 0.3) is 0 Å². The van der Waals surface area contributed by atoms with Crippen LogP contribution in [-0.2, 0) is 4.74 Å². The highest BCUT2D eigenvalue weighted by atomic mass is 16.5. The van der Waals surface area contributed by atoms with Gasteiger partial charge in [0.2, 0.25) is 0 Å². The van der Waals surface area contributed by atoms with Crippen molar-refractivity contribution in [1.82, 2.24) is 4.90 Å². The minimum atomic E-state index is 0.335. The van der Waals surface area contributed by atoms with Crippen molar-refractivity contribution in [1.29, 1.82) is 0 Å². The first-order valence-corrected chi connectivity index (χ1v) is 7.81. The van der Waals surface area contributed by atoms with Crippen molar-refractivity contribution >= 4 is 0 Å². The number of likely N-dealkylation sites (tertiary alicyclic amines) is 1. The quantitative estimate of drug-likeness (QED) is 0.819. The van der Waals surface area contributed by atoms with Crippen molar-refractivity contribution in [2.75, 3.05) is 32.8 Å². The number of nitrogens with two attached hydrogens (primary N) is 1. The lowest BCUT2D eigenvalue weighted by molar-refractivity contribution is -0.0143. The van der Waals surface area contributed by atoms with Gasteiger partial charge in [-0.2, -0.15) is 0 Å². The topological polar surface area (TPSA) is 38.5 Å². The van der Waals surface area contributed by atoms with Gasteiger partial charge < -0.3 is 10.5 Å². The Morgan fingerprint density at radius 3 is 2.72 bits per heavy atom. The lowest BCUT2D eigenvalue weighted by atomic mass is 9.78. The van der Waals surface area contributed by atoms with Gasteiger partial charge in [-0.25, -0.2) is 0 Å². The van der Waals surface area contributed by atoms with Crippen LogP contribution >= 0.6 is 0 Å². The van der Waals surface area contributed by atoms with Crippen LogP contribution in [-0.4, -0.2) is 43.8 Å². The summed E-state index contributed by atoms with van der Waals surface area (Å²) in [7, 11) is 0. The fraction of sp³-hybridized carbons (Fsp3) is 1.00. The number of piperidine rings is 1. The maximum Gasteiger partial charge on any atom is 0.0472 e. The Morgan fingerprint density at radius 1 is 1.28 bits per heavy atom. The van der Waals surface area contributed by atoms with Crippen LogP contribution in [0.15, 0.2) is 0 Å². The Labute approximate surface area is 112 Å². The van der Waals surface area contributed by atoms with Crippen LogP contribution in [0.4, 0.5) is 0 Å². The van der Waals surface area contributed by atoms with Crippen molar-refractivity contribution in [2.45, 2.75) is 57.9 Å². The molecule has 106 valence electrons. The molecule has 0 aromatic rings. The molecule has 2 heterocycles. The molecule has 0 amide bonds. The predicted octanol–water partition coefficient (Wildman–Crippen LogP) is 2.40. The first-order chi connectivity index (χ1) is 8.79. The van der Waals surface area contributed by atoms with E-state index in [0.29, 0.717) is 5.41 Å². The summed E-state index contributed by atoms with van der Waals surface area (Å²) in [5.41, 5.74) is 6.43. The number of hydrogen-bond acceptors (Lipinski definition) is 3. The van der Waals surface area contributed by atoms with Gasteiger partial charge in [-0.05, 0) is 50.6 Å². The maximum atomic E-state index is 6.09. The second kappa shape index (κ2) is 6.88. The van der Waals surface area contributed by atoms with Gasteiger partial charge in [-0.1, -0.05) is 19.8 Å². The van der Waals surface area contributed by atoms with Crippen LogP contribution in [0.2, 0.25) is 0 Å². The molecule has 2 aliphatic heterocycles. The van der Waals surface area contributed by atoms with Crippen molar-refractivity contribution in [2.24, 2.45) is 11.1 Å². The van der Waals surface area contributed by atoms with E-state index in [-0.39, 0.29) is 0 Å². The molecule has 0 bridgehead atoms. The van der Waals surface area contributed by atoms with Crippen LogP contribution in [0.1, 0.15) is 51.9 Å². The van der Waals surface area contributed by atoms with E-state index >= 15 is 0 Å². The molecule has 2 aliphatic rings. The van der Waals surface area contributed by atoms with Crippen molar-refractivity contribution in [3.63, 3.8) is 0 Å². The van der Waals surface area contributed by atoms with E-state index in [1.54, 1.807) is 0 Å². The lowest BCUT2D eigenvalue weighted by Crippen LogP contribution is -2.50. The summed E-state index contributed by atoms with van der Waals surface area (Å²) in [6, 6.07) is 0.815. The third-order valence-corrected chi connectivity index (χ3v) is 4.90. The minimum absolute atomic E-state index is 0.335. The Balaban J connectivity index is 1.95. The Hall–Kier alpha value is -0.120. The van der Waals surface area contributed by atoms with Crippen LogP contribution in [0.5, 0.6) is 0 Å².